The Balaban J connectivity index is 1.55. The second kappa shape index (κ2) is 9.12. The molecule has 0 aliphatic heterocycles. The number of carbonyl (C=O) groups is 1. The summed E-state index contributed by atoms with van der Waals surface area (Å²) in [6.07, 6.45) is -3.15. The Bertz CT molecular complexity index is 1010. The van der Waals surface area contributed by atoms with Crippen LogP contribution in [0.25, 0.3) is 11.3 Å². The zero-order valence-corrected chi connectivity index (χ0v) is 17.0. The van der Waals surface area contributed by atoms with Gasteiger partial charge in [0.2, 0.25) is 0 Å². The zero-order valence-electron chi connectivity index (χ0n) is 14.8. The number of anilines is 1. The van der Waals surface area contributed by atoms with Crippen LogP contribution in [0.15, 0.2) is 70.2 Å². The van der Waals surface area contributed by atoms with Crippen molar-refractivity contribution in [1.82, 2.24) is 5.43 Å². The summed E-state index contributed by atoms with van der Waals surface area (Å²) in [5.74, 6) is 0.206. The van der Waals surface area contributed by atoms with Crippen molar-refractivity contribution in [3.63, 3.8) is 0 Å². The first-order valence-electron chi connectivity index (χ1n) is 8.40. The number of nitrogens with one attached hydrogen (secondary N) is 2. The number of hydrogen-bond donors (Lipinski definition) is 2. The van der Waals surface area contributed by atoms with Gasteiger partial charge in [0.1, 0.15) is 11.5 Å². The molecule has 0 spiro atoms. The molecule has 2 aromatic carbocycles. The predicted molar refractivity (Wildman–Crippen MR) is 113 cm³/mol. The van der Waals surface area contributed by atoms with Crippen molar-refractivity contribution in [2.75, 3.05) is 11.9 Å². The molecule has 1 amide bonds. The second-order valence-electron chi connectivity index (χ2n) is 5.93. The number of nitrogens with zero attached hydrogens (tertiary/aromatic N) is 1. The van der Waals surface area contributed by atoms with E-state index < -0.39 is 11.7 Å². The highest BCUT2D eigenvalue weighted by molar-refractivity contribution is 14.1. The Morgan fingerprint density at radius 2 is 1.86 bits per heavy atom. The monoisotopic (exact) mass is 513 g/mol. The molecular weight excluding hydrogens is 498 g/mol. The van der Waals surface area contributed by atoms with Crippen molar-refractivity contribution in [1.29, 1.82) is 0 Å². The summed E-state index contributed by atoms with van der Waals surface area (Å²) in [5, 5.41) is 6.75. The van der Waals surface area contributed by atoms with Crippen LogP contribution in [0.3, 0.4) is 0 Å². The van der Waals surface area contributed by atoms with Crippen LogP contribution in [0.2, 0.25) is 0 Å². The molecule has 1 aromatic heterocycles. The van der Waals surface area contributed by atoms with E-state index >= 15 is 0 Å². The largest absolute Gasteiger partial charge is 0.455 e. The summed E-state index contributed by atoms with van der Waals surface area (Å²) in [5.41, 5.74) is 2.70. The molecular formula is C20H15F3IN3O2. The molecule has 5 nitrogen and oxygen atoms in total. The quantitative estimate of drug-likeness (QED) is 0.273. The Hall–Kier alpha value is -2.82. The van der Waals surface area contributed by atoms with Crippen LogP contribution in [-0.2, 0) is 11.0 Å². The van der Waals surface area contributed by atoms with Gasteiger partial charge in [-0.15, -0.1) is 0 Å². The fourth-order valence-electron chi connectivity index (χ4n) is 2.38. The van der Waals surface area contributed by atoms with E-state index in [9.17, 15) is 18.0 Å². The highest BCUT2D eigenvalue weighted by Crippen LogP contribution is 2.32. The summed E-state index contributed by atoms with van der Waals surface area (Å²) in [6, 6.07) is 15.5. The number of halogens is 4. The molecule has 150 valence electrons. The number of alkyl halides is 3. The predicted octanol–water partition coefficient (Wildman–Crippen LogP) is 5.13. The van der Waals surface area contributed by atoms with Gasteiger partial charge in [0.15, 0.2) is 0 Å². The van der Waals surface area contributed by atoms with E-state index in [1.807, 2.05) is 24.3 Å². The molecule has 0 aliphatic rings. The number of benzene rings is 2. The highest BCUT2D eigenvalue weighted by Gasteiger charge is 2.30. The lowest BCUT2D eigenvalue weighted by Crippen LogP contribution is -2.25. The number of furan rings is 1. The third-order valence-corrected chi connectivity index (χ3v) is 4.50. The summed E-state index contributed by atoms with van der Waals surface area (Å²) in [6.45, 7) is 0.0333. The standard InChI is InChI=1S/C20H15F3IN3O2/c21-20(22,23)14-3-1-2-13(10-14)18-9-8-17(29-18)11-26-27-19(28)12-25-16-6-4-15(24)5-7-16/h1-11,25H,12H2,(H,27,28)/b26-11-. The lowest BCUT2D eigenvalue weighted by Gasteiger charge is -2.07. The SMILES string of the molecule is O=C(CNc1ccc(I)cc1)N/N=C\c1ccc(-c2cccc(C(F)(F)F)c2)o1. The Kier molecular flexibility index (Phi) is 6.57. The summed E-state index contributed by atoms with van der Waals surface area (Å²) >= 11 is 2.19. The van der Waals surface area contributed by atoms with Gasteiger partial charge in [-0.1, -0.05) is 12.1 Å². The molecule has 0 aliphatic carbocycles. The third-order valence-electron chi connectivity index (χ3n) is 3.78. The van der Waals surface area contributed by atoms with Crippen LogP contribution < -0.4 is 10.7 Å². The molecule has 0 atom stereocenters. The molecule has 3 aromatic rings. The van der Waals surface area contributed by atoms with E-state index in [1.165, 1.54) is 24.4 Å². The van der Waals surface area contributed by atoms with Crippen molar-refractivity contribution < 1.29 is 22.4 Å². The second-order valence-corrected chi connectivity index (χ2v) is 7.18. The van der Waals surface area contributed by atoms with Crippen LogP contribution in [0.4, 0.5) is 18.9 Å². The van der Waals surface area contributed by atoms with Crippen LogP contribution in [0.5, 0.6) is 0 Å². The van der Waals surface area contributed by atoms with Crippen molar-refractivity contribution in [3.8, 4) is 11.3 Å². The van der Waals surface area contributed by atoms with Crippen LogP contribution in [-0.4, -0.2) is 18.7 Å². The maximum absolute atomic E-state index is 12.8. The van der Waals surface area contributed by atoms with Crippen LogP contribution >= 0.6 is 22.6 Å². The Labute approximate surface area is 178 Å². The summed E-state index contributed by atoms with van der Waals surface area (Å²) in [7, 11) is 0. The molecule has 2 N–H and O–H groups in total. The number of amides is 1. The first-order valence-corrected chi connectivity index (χ1v) is 9.48. The van der Waals surface area contributed by atoms with Crippen molar-refractivity contribution in [2.45, 2.75) is 6.18 Å². The van der Waals surface area contributed by atoms with Gasteiger partial charge in [-0.2, -0.15) is 18.3 Å². The van der Waals surface area contributed by atoms with Gasteiger partial charge in [0, 0.05) is 14.8 Å². The molecule has 0 fully saturated rings. The number of rotatable bonds is 6. The van der Waals surface area contributed by atoms with E-state index in [0.717, 1.165) is 21.4 Å². The van der Waals surface area contributed by atoms with Gasteiger partial charge in [-0.3, -0.25) is 4.79 Å². The van der Waals surface area contributed by atoms with Gasteiger partial charge >= 0.3 is 6.18 Å². The minimum absolute atomic E-state index is 0.0333. The van der Waals surface area contributed by atoms with Gasteiger partial charge in [-0.25, -0.2) is 5.43 Å². The lowest BCUT2D eigenvalue weighted by molar-refractivity contribution is -0.137. The van der Waals surface area contributed by atoms with Crippen molar-refractivity contribution in [3.05, 3.63) is 75.6 Å². The van der Waals surface area contributed by atoms with E-state index in [1.54, 1.807) is 6.07 Å². The first-order chi connectivity index (χ1) is 13.8. The fraction of sp³-hybridized carbons (Fsp3) is 0.100. The summed E-state index contributed by atoms with van der Waals surface area (Å²) in [4.78, 5) is 11.8. The van der Waals surface area contributed by atoms with Crippen LogP contribution in [0.1, 0.15) is 11.3 Å². The van der Waals surface area contributed by atoms with Gasteiger partial charge in [0.05, 0.1) is 18.3 Å². The van der Waals surface area contributed by atoms with Gasteiger partial charge in [-0.05, 0) is 71.1 Å². The molecule has 9 heteroatoms. The lowest BCUT2D eigenvalue weighted by atomic mass is 10.1. The molecule has 0 saturated carbocycles. The molecule has 0 saturated heterocycles. The maximum atomic E-state index is 12.8. The average molecular weight is 513 g/mol. The molecule has 0 radical (unpaired) electrons. The number of hydrogen-bond acceptors (Lipinski definition) is 4. The average Bonchev–Trinajstić information content (AvgIpc) is 3.16. The highest BCUT2D eigenvalue weighted by atomic mass is 127. The molecule has 0 bridgehead atoms. The number of carbonyl (C=O) groups excluding carboxylic acids is 1. The van der Waals surface area contributed by atoms with E-state index in [4.69, 9.17) is 4.42 Å². The minimum atomic E-state index is -4.43. The van der Waals surface area contributed by atoms with Gasteiger partial charge < -0.3 is 9.73 Å². The maximum Gasteiger partial charge on any atom is 0.416 e. The normalized spacial score (nSPS) is 11.6. The smallest absolute Gasteiger partial charge is 0.416 e. The fourth-order valence-corrected chi connectivity index (χ4v) is 2.74. The Morgan fingerprint density at radius 1 is 1.10 bits per heavy atom. The number of hydrazone groups is 1. The van der Waals surface area contributed by atoms with E-state index in [-0.39, 0.29) is 18.2 Å². The molecule has 3 rings (SSSR count). The van der Waals surface area contributed by atoms with Gasteiger partial charge in [0.25, 0.3) is 5.91 Å². The van der Waals surface area contributed by atoms with E-state index in [2.05, 4.69) is 38.4 Å². The zero-order chi connectivity index (χ0) is 20.9. The molecule has 29 heavy (non-hydrogen) atoms. The van der Waals surface area contributed by atoms with Crippen LogP contribution in [0, 0.1) is 3.57 Å². The van der Waals surface area contributed by atoms with Crippen molar-refractivity contribution >= 4 is 40.4 Å². The Morgan fingerprint density at radius 3 is 2.59 bits per heavy atom. The third kappa shape index (κ3) is 6.08. The minimum Gasteiger partial charge on any atom is -0.455 e. The summed E-state index contributed by atoms with van der Waals surface area (Å²) < 4.78 is 45.0. The molecule has 0 unspecified atom stereocenters. The molecule has 1 heterocycles. The topological polar surface area (TPSA) is 66.6 Å². The first kappa shape index (κ1) is 20.9. The van der Waals surface area contributed by atoms with Crippen molar-refractivity contribution in [2.24, 2.45) is 5.10 Å². The van der Waals surface area contributed by atoms with E-state index in [0.29, 0.717) is 11.3 Å².